The second-order valence-corrected chi connectivity index (χ2v) is 5.16. The molecule has 0 saturated carbocycles. The van der Waals surface area contributed by atoms with Crippen LogP contribution in [0.5, 0.6) is 11.5 Å². The lowest BCUT2D eigenvalue weighted by Crippen LogP contribution is -2.32. The molecule has 20 heavy (non-hydrogen) atoms. The maximum Gasteiger partial charge on any atom is 0.231 e. The first kappa shape index (κ1) is 13.0. The first-order valence-corrected chi connectivity index (χ1v) is 6.83. The van der Waals surface area contributed by atoms with E-state index in [1.54, 1.807) is 6.20 Å². The summed E-state index contributed by atoms with van der Waals surface area (Å²) in [5.74, 6) is 1.66. The van der Waals surface area contributed by atoms with Gasteiger partial charge in [0.15, 0.2) is 11.5 Å². The van der Waals surface area contributed by atoms with Crippen LogP contribution in [0.2, 0.25) is 0 Å². The number of hydrogen-bond donors (Lipinski definition) is 1. The van der Waals surface area contributed by atoms with E-state index in [4.69, 9.17) is 9.47 Å². The van der Waals surface area contributed by atoms with Gasteiger partial charge in [-0.05, 0) is 31.5 Å². The standard InChI is InChI=1S/C15H19N3O2/c1-11(8-18-6-5-16-9-18)17-12(2)13-3-4-14-15(7-13)20-10-19-14/h3-7,9,11-12,17H,8,10H2,1-2H3. The Balaban J connectivity index is 1.62. The van der Waals surface area contributed by atoms with Crippen LogP contribution in [0.3, 0.4) is 0 Å². The Hall–Kier alpha value is -2.01. The van der Waals surface area contributed by atoms with E-state index in [0.717, 1.165) is 18.0 Å². The van der Waals surface area contributed by atoms with Crippen LogP contribution in [0, 0.1) is 0 Å². The molecule has 1 aliphatic rings. The van der Waals surface area contributed by atoms with E-state index >= 15 is 0 Å². The highest BCUT2D eigenvalue weighted by Crippen LogP contribution is 2.34. The minimum atomic E-state index is 0.253. The Labute approximate surface area is 118 Å². The Kier molecular flexibility index (Phi) is 3.60. The number of benzene rings is 1. The summed E-state index contributed by atoms with van der Waals surface area (Å²) in [7, 11) is 0. The molecular formula is C15H19N3O2. The molecule has 2 aromatic rings. The molecule has 0 amide bonds. The maximum absolute atomic E-state index is 5.42. The fourth-order valence-corrected chi connectivity index (χ4v) is 2.47. The molecule has 1 aromatic heterocycles. The predicted octanol–water partition coefficient (Wildman–Crippen LogP) is 2.35. The van der Waals surface area contributed by atoms with E-state index in [1.807, 2.05) is 24.7 Å². The topological polar surface area (TPSA) is 48.3 Å². The smallest absolute Gasteiger partial charge is 0.231 e. The lowest BCUT2D eigenvalue weighted by atomic mass is 10.1. The van der Waals surface area contributed by atoms with Crippen LogP contribution in [0.15, 0.2) is 36.9 Å². The maximum atomic E-state index is 5.42. The van der Waals surface area contributed by atoms with Crippen molar-refractivity contribution in [3.63, 3.8) is 0 Å². The summed E-state index contributed by atoms with van der Waals surface area (Å²) in [6.07, 6.45) is 5.61. The summed E-state index contributed by atoms with van der Waals surface area (Å²) in [4.78, 5) is 4.06. The third kappa shape index (κ3) is 2.77. The molecule has 1 aromatic carbocycles. The fourth-order valence-electron chi connectivity index (χ4n) is 2.47. The zero-order chi connectivity index (χ0) is 13.9. The van der Waals surface area contributed by atoms with Gasteiger partial charge >= 0.3 is 0 Å². The van der Waals surface area contributed by atoms with Gasteiger partial charge in [-0.25, -0.2) is 4.98 Å². The Morgan fingerprint density at radius 3 is 2.95 bits per heavy atom. The van der Waals surface area contributed by atoms with Crippen LogP contribution in [0.4, 0.5) is 0 Å². The summed E-state index contributed by atoms with van der Waals surface area (Å²) < 4.78 is 12.8. The van der Waals surface area contributed by atoms with Crippen LogP contribution in [0.1, 0.15) is 25.5 Å². The van der Waals surface area contributed by atoms with E-state index in [2.05, 4.69) is 34.8 Å². The third-order valence-electron chi connectivity index (χ3n) is 3.48. The molecule has 0 aliphatic carbocycles. The van der Waals surface area contributed by atoms with E-state index < -0.39 is 0 Å². The molecule has 0 radical (unpaired) electrons. The average Bonchev–Trinajstić information content (AvgIpc) is 3.07. The summed E-state index contributed by atoms with van der Waals surface area (Å²) in [6.45, 7) is 5.54. The van der Waals surface area contributed by atoms with Crippen molar-refractivity contribution in [2.24, 2.45) is 0 Å². The molecule has 0 saturated heterocycles. The van der Waals surface area contributed by atoms with E-state index in [1.165, 1.54) is 5.56 Å². The molecular weight excluding hydrogens is 254 g/mol. The minimum Gasteiger partial charge on any atom is -0.454 e. The molecule has 0 bridgehead atoms. The van der Waals surface area contributed by atoms with Crippen molar-refractivity contribution in [3.8, 4) is 11.5 Å². The average molecular weight is 273 g/mol. The first-order chi connectivity index (χ1) is 9.72. The summed E-state index contributed by atoms with van der Waals surface area (Å²) >= 11 is 0. The van der Waals surface area contributed by atoms with Crippen LogP contribution in [0.25, 0.3) is 0 Å². The Morgan fingerprint density at radius 2 is 2.15 bits per heavy atom. The van der Waals surface area contributed by atoms with E-state index in [-0.39, 0.29) is 6.04 Å². The first-order valence-electron chi connectivity index (χ1n) is 6.83. The van der Waals surface area contributed by atoms with Gasteiger partial charge in [0.1, 0.15) is 0 Å². The number of aromatic nitrogens is 2. The quantitative estimate of drug-likeness (QED) is 0.908. The monoisotopic (exact) mass is 273 g/mol. The highest BCUT2D eigenvalue weighted by Gasteiger charge is 2.16. The Bertz CT molecular complexity index is 569. The number of nitrogens with zero attached hydrogens (tertiary/aromatic N) is 2. The molecule has 1 aliphatic heterocycles. The summed E-state index contributed by atoms with van der Waals surface area (Å²) in [6, 6.07) is 6.70. The van der Waals surface area contributed by atoms with E-state index in [0.29, 0.717) is 12.8 Å². The van der Waals surface area contributed by atoms with Gasteiger partial charge in [0.25, 0.3) is 0 Å². The molecule has 5 heteroatoms. The van der Waals surface area contributed by atoms with Gasteiger partial charge in [-0.2, -0.15) is 0 Å². The molecule has 0 fully saturated rings. The van der Waals surface area contributed by atoms with Crippen LogP contribution in [-0.2, 0) is 6.54 Å². The fraction of sp³-hybridized carbons (Fsp3) is 0.400. The van der Waals surface area contributed by atoms with Crippen molar-refractivity contribution in [2.45, 2.75) is 32.5 Å². The highest BCUT2D eigenvalue weighted by molar-refractivity contribution is 5.45. The molecule has 1 N–H and O–H groups in total. The number of nitrogens with one attached hydrogen (secondary N) is 1. The van der Waals surface area contributed by atoms with Gasteiger partial charge < -0.3 is 19.4 Å². The number of imidazole rings is 1. The van der Waals surface area contributed by atoms with Gasteiger partial charge in [0.2, 0.25) is 6.79 Å². The summed E-state index contributed by atoms with van der Waals surface area (Å²) in [5, 5.41) is 3.58. The number of ether oxygens (including phenoxy) is 2. The van der Waals surface area contributed by atoms with Crippen molar-refractivity contribution in [2.75, 3.05) is 6.79 Å². The molecule has 3 rings (SSSR count). The highest BCUT2D eigenvalue weighted by atomic mass is 16.7. The lowest BCUT2D eigenvalue weighted by molar-refractivity contribution is 0.174. The van der Waals surface area contributed by atoms with Gasteiger partial charge in [0, 0.05) is 31.0 Å². The van der Waals surface area contributed by atoms with Crippen molar-refractivity contribution in [1.29, 1.82) is 0 Å². The van der Waals surface area contributed by atoms with Crippen molar-refractivity contribution in [1.82, 2.24) is 14.9 Å². The SMILES string of the molecule is CC(Cn1ccnc1)NC(C)c1ccc2c(c1)OCO2. The minimum absolute atomic E-state index is 0.253. The largest absolute Gasteiger partial charge is 0.454 e. The molecule has 5 nitrogen and oxygen atoms in total. The van der Waals surface area contributed by atoms with Crippen molar-refractivity contribution >= 4 is 0 Å². The van der Waals surface area contributed by atoms with Gasteiger partial charge in [-0.15, -0.1) is 0 Å². The zero-order valence-corrected chi connectivity index (χ0v) is 11.7. The lowest BCUT2D eigenvalue weighted by Gasteiger charge is -2.21. The zero-order valence-electron chi connectivity index (χ0n) is 11.7. The number of hydrogen-bond acceptors (Lipinski definition) is 4. The van der Waals surface area contributed by atoms with Gasteiger partial charge in [-0.1, -0.05) is 6.07 Å². The van der Waals surface area contributed by atoms with Crippen LogP contribution in [-0.4, -0.2) is 22.4 Å². The van der Waals surface area contributed by atoms with Gasteiger partial charge in [0.05, 0.1) is 6.33 Å². The van der Waals surface area contributed by atoms with Gasteiger partial charge in [-0.3, -0.25) is 0 Å². The normalized spacial score (nSPS) is 16.1. The second kappa shape index (κ2) is 5.54. The molecule has 106 valence electrons. The van der Waals surface area contributed by atoms with E-state index in [9.17, 15) is 0 Å². The number of fused-ring (bicyclic) bond motifs is 1. The molecule has 0 spiro atoms. The Morgan fingerprint density at radius 1 is 1.30 bits per heavy atom. The van der Waals surface area contributed by atoms with Crippen LogP contribution < -0.4 is 14.8 Å². The van der Waals surface area contributed by atoms with Crippen LogP contribution >= 0.6 is 0 Å². The number of rotatable bonds is 5. The second-order valence-electron chi connectivity index (χ2n) is 5.16. The molecule has 2 unspecified atom stereocenters. The predicted molar refractivity (Wildman–Crippen MR) is 75.8 cm³/mol. The molecule has 2 heterocycles. The summed E-state index contributed by atoms with van der Waals surface area (Å²) in [5.41, 5.74) is 1.20. The molecule has 2 atom stereocenters. The van der Waals surface area contributed by atoms with Crippen molar-refractivity contribution < 1.29 is 9.47 Å². The third-order valence-corrected chi connectivity index (χ3v) is 3.48. The van der Waals surface area contributed by atoms with Crippen molar-refractivity contribution in [3.05, 3.63) is 42.5 Å².